The van der Waals surface area contributed by atoms with E-state index in [1.54, 1.807) is 13.0 Å². The first-order valence-corrected chi connectivity index (χ1v) is 3.82. The minimum atomic E-state index is -0.390. The highest BCUT2D eigenvalue weighted by atomic mass is 16.1. The van der Waals surface area contributed by atoms with Crippen LogP contribution in [-0.4, -0.2) is 18.9 Å². The second kappa shape index (κ2) is 6.39. The van der Waals surface area contributed by atoms with E-state index >= 15 is 0 Å². The molecule has 0 radical (unpaired) electrons. The molecular weight excluding hydrogens is 156 g/mol. The van der Waals surface area contributed by atoms with Crippen molar-refractivity contribution in [3.63, 3.8) is 0 Å². The summed E-state index contributed by atoms with van der Waals surface area (Å²) in [5, 5.41) is 2.53. The van der Waals surface area contributed by atoms with Crippen molar-refractivity contribution in [2.24, 2.45) is 5.73 Å². The number of primary amides is 1. The van der Waals surface area contributed by atoms with Crippen molar-refractivity contribution in [2.45, 2.75) is 19.8 Å². The van der Waals surface area contributed by atoms with E-state index < -0.39 is 5.91 Å². The molecule has 68 valence electrons. The van der Waals surface area contributed by atoms with Crippen molar-refractivity contribution in [3.8, 4) is 0 Å². The topological polar surface area (TPSA) is 72.2 Å². The second-order valence-electron chi connectivity index (χ2n) is 2.47. The first-order chi connectivity index (χ1) is 5.68. The number of unbranched alkanes of at least 4 members (excludes halogenated alkanes) is 1. The Morgan fingerprint density at radius 3 is 2.75 bits per heavy atom. The number of hydrogen-bond acceptors (Lipinski definition) is 2. The highest BCUT2D eigenvalue weighted by Crippen LogP contribution is 1.96. The van der Waals surface area contributed by atoms with Crippen LogP contribution in [0.25, 0.3) is 0 Å². The number of amides is 2. The number of hydrogen-bond donors (Lipinski definition) is 2. The standard InChI is InChI=1S/C8H14N2O2/c1-7(8(9)12)4-2-3-5-10-6-11/h4,6H,2-3,5H2,1H3,(H2,9,12)(H,10,11). The van der Waals surface area contributed by atoms with Gasteiger partial charge in [0.15, 0.2) is 0 Å². The molecule has 3 N–H and O–H groups in total. The summed E-state index contributed by atoms with van der Waals surface area (Å²) in [5.74, 6) is -0.390. The smallest absolute Gasteiger partial charge is 0.244 e. The van der Waals surface area contributed by atoms with Gasteiger partial charge in [-0.05, 0) is 19.8 Å². The van der Waals surface area contributed by atoms with Gasteiger partial charge in [0.25, 0.3) is 0 Å². The fourth-order valence-corrected chi connectivity index (χ4v) is 0.682. The Hall–Kier alpha value is -1.32. The molecule has 0 bridgehead atoms. The molecule has 2 amide bonds. The van der Waals surface area contributed by atoms with Crippen LogP contribution in [0.1, 0.15) is 19.8 Å². The van der Waals surface area contributed by atoms with Crippen LogP contribution in [0.5, 0.6) is 0 Å². The molecule has 12 heavy (non-hydrogen) atoms. The first kappa shape index (κ1) is 10.7. The molecule has 0 aliphatic carbocycles. The molecule has 0 atom stereocenters. The maximum Gasteiger partial charge on any atom is 0.244 e. The van der Waals surface area contributed by atoms with Gasteiger partial charge in [0, 0.05) is 12.1 Å². The van der Waals surface area contributed by atoms with E-state index in [1.807, 2.05) is 0 Å². The molecule has 0 aromatic heterocycles. The number of rotatable bonds is 6. The Bertz CT molecular complexity index is 187. The average molecular weight is 170 g/mol. The Morgan fingerprint density at radius 1 is 1.58 bits per heavy atom. The van der Waals surface area contributed by atoms with Gasteiger partial charge in [-0.25, -0.2) is 0 Å². The number of nitrogens with two attached hydrogens (primary N) is 1. The lowest BCUT2D eigenvalue weighted by molar-refractivity contribution is -0.114. The van der Waals surface area contributed by atoms with Crippen LogP contribution >= 0.6 is 0 Å². The zero-order valence-corrected chi connectivity index (χ0v) is 7.17. The monoisotopic (exact) mass is 170 g/mol. The molecular formula is C8H14N2O2. The summed E-state index contributed by atoms with van der Waals surface area (Å²) >= 11 is 0. The molecule has 0 saturated carbocycles. The zero-order valence-electron chi connectivity index (χ0n) is 7.17. The maximum absolute atomic E-state index is 10.5. The predicted octanol–water partition coefficient (Wildman–Crippen LogP) is -0.0558. The van der Waals surface area contributed by atoms with Crippen LogP contribution in [0.15, 0.2) is 11.6 Å². The van der Waals surface area contributed by atoms with Gasteiger partial charge in [-0.3, -0.25) is 9.59 Å². The molecule has 0 heterocycles. The molecule has 4 nitrogen and oxygen atoms in total. The summed E-state index contributed by atoms with van der Waals surface area (Å²) in [6.45, 7) is 2.31. The van der Waals surface area contributed by atoms with Crippen LogP contribution in [0.2, 0.25) is 0 Å². The van der Waals surface area contributed by atoms with Gasteiger partial charge in [0.1, 0.15) is 0 Å². The fourth-order valence-electron chi connectivity index (χ4n) is 0.682. The summed E-state index contributed by atoms with van der Waals surface area (Å²) in [6.07, 6.45) is 4.01. The quantitative estimate of drug-likeness (QED) is 0.333. The van der Waals surface area contributed by atoms with Crippen molar-refractivity contribution in [2.75, 3.05) is 6.54 Å². The van der Waals surface area contributed by atoms with Crippen LogP contribution in [-0.2, 0) is 9.59 Å². The van der Waals surface area contributed by atoms with Crippen LogP contribution in [0, 0.1) is 0 Å². The Kier molecular flexibility index (Phi) is 5.69. The van der Waals surface area contributed by atoms with Crippen molar-refractivity contribution < 1.29 is 9.59 Å². The molecule has 0 aliphatic heterocycles. The Balaban J connectivity index is 3.46. The number of allylic oxidation sites excluding steroid dienone is 1. The van der Waals surface area contributed by atoms with E-state index in [4.69, 9.17) is 5.73 Å². The van der Waals surface area contributed by atoms with Crippen molar-refractivity contribution >= 4 is 12.3 Å². The van der Waals surface area contributed by atoms with Crippen molar-refractivity contribution in [3.05, 3.63) is 11.6 Å². The minimum absolute atomic E-state index is 0.390. The number of carbonyl (C=O) groups is 2. The molecule has 0 spiro atoms. The minimum Gasteiger partial charge on any atom is -0.366 e. The lowest BCUT2D eigenvalue weighted by atomic mass is 10.2. The fraction of sp³-hybridized carbons (Fsp3) is 0.500. The number of nitrogens with one attached hydrogen (secondary N) is 1. The largest absolute Gasteiger partial charge is 0.366 e. The van der Waals surface area contributed by atoms with Crippen molar-refractivity contribution in [1.29, 1.82) is 0 Å². The number of carbonyl (C=O) groups excluding carboxylic acids is 2. The van der Waals surface area contributed by atoms with Crippen LogP contribution in [0.3, 0.4) is 0 Å². The molecule has 0 saturated heterocycles. The van der Waals surface area contributed by atoms with E-state index in [0.717, 1.165) is 12.8 Å². The molecule has 0 fully saturated rings. The summed E-state index contributed by atoms with van der Waals surface area (Å²) in [4.78, 5) is 20.3. The normalized spacial score (nSPS) is 10.9. The predicted molar refractivity (Wildman–Crippen MR) is 46.3 cm³/mol. The van der Waals surface area contributed by atoms with Gasteiger partial charge < -0.3 is 11.1 Å². The SMILES string of the molecule is CC(=CCCCNC=O)C(N)=O. The second-order valence-corrected chi connectivity index (χ2v) is 2.47. The Morgan fingerprint density at radius 2 is 2.25 bits per heavy atom. The lowest BCUT2D eigenvalue weighted by Crippen LogP contribution is -2.13. The molecule has 4 heteroatoms. The van der Waals surface area contributed by atoms with E-state index in [0.29, 0.717) is 18.5 Å². The Labute approximate surface area is 71.8 Å². The highest BCUT2D eigenvalue weighted by molar-refractivity contribution is 5.91. The van der Waals surface area contributed by atoms with Crippen LogP contribution < -0.4 is 11.1 Å². The van der Waals surface area contributed by atoms with E-state index in [2.05, 4.69) is 5.32 Å². The van der Waals surface area contributed by atoms with E-state index in [9.17, 15) is 9.59 Å². The third-order valence-corrected chi connectivity index (χ3v) is 1.45. The van der Waals surface area contributed by atoms with Gasteiger partial charge in [0.05, 0.1) is 0 Å². The third-order valence-electron chi connectivity index (χ3n) is 1.45. The third kappa shape index (κ3) is 5.46. The molecule has 0 rings (SSSR count). The summed E-state index contributed by atoms with van der Waals surface area (Å²) in [6, 6.07) is 0. The molecule has 0 aliphatic rings. The van der Waals surface area contributed by atoms with E-state index in [1.165, 1.54) is 0 Å². The van der Waals surface area contributed by atoms with Crippen LogP contribution in [0.4, 0.5) is 0 Å². The van der Waals surface area contributed by atoms with Gasteiger partial charge in [-0.2, -0.15) is 0 Å². The van der Waals surface area contributed by atoms with Gasteiger partial charge in [-0.1, -0.05) is 6.08 Å². The molecule has 0 aromatic rings. The summed E-state index contributed by atoms with van der Waals surface area (Å²) < 4.78 is 0. The van der Waals surface area contributed by atoms with Gasteiger partial charge in [0.2, 0.25) is 12.3 Å². The average Bonchev–Trinajstić information content (AvgIpc) is 2.03. The van der Waals surface area contributed by atoms with Gasteiger partial charge >= 0.3 is 0 Å². The summed E-state index contributed by atoms with van der Waals surface area (Å²) in [7, 11) is 0. The lowest BCUT2D eigenvalue weighted by Gasteiger charge is -1.96. The maximum atomic E-state index is 10.5. The molecule has 0 unspecified atom stereocenters. The molecule has 0 aromatic carbocycles. The summed E-state index contributed by atoms with van der Waals surface area (Å²) in [5.41, 5.74) is 5.57. The van der Waals surface area contributed by atoms with Crippen molar-refractivity contribution in [1.82, 2.24) is 5.32 Å². The van der Waals surface area contributed by atoms with Gasteiger partial charge in [-0.15, -0.1) is 0 Å². The zero-order chi connectivity index (χ0) is 9.40. The highest BCUT2D eigenvalue weighted by Gasteiger charge is 1.94. The first-order valence-electron chi connectivity index (χ1n) is 3.82. The van der Waals surface area contributed by atoms with E-state index in [-0.39, 0.29) is 0 Å².